The molecule has 1 unspecified atom stereocenters. The zero-order chi connectivity index (χ0) is 27.8. The summed E-state index contributed by atoms with van der Waals surface area (Å²) in [5.41, 5.74) is 0.0610. The van der Waals surface area contributed by atoms with Crippen LogP contribution in [0.5, 0.6) is 11.5 Å². The van der Waals surface area contributed by atoms with Gasteiger partial charge in [-0.3, -0.25) is 24.6 Å². The van der Waals surface area contributed by atoms with E-state index in [0.717, 1.165) is 16.2 Å². The number of fused-ring (bicyclic) bond motifs is 1. The lowest BCUT2D eigenvalue weighted by molar-refractivity contribution is -0.384. The second-order valence-electron chi connectivity index (χ2n) is 8.51. The van der Waals surface area contributed by atoms with Gasteiger partial charge in [-0.15, -0.1) is 0 Å². The van der Waals surface area contributed by atoms with Crippen molar-refractivity contribution in [3.63, 3.8) is 0 Å². The molecule has 1 amide bonds. The molecule has 0 saturated carbocycles. The fraction of sp³-hybridized carbons (Fsp3) is 0.231. The predicted octanol–water partition coefficient (Wildman–Crippen LogP) is 3.93. The van der Waals surface area contributed by atoms with Crippen molar-refractivity contribution in [2.24, 2.45) is 0 Å². The Morgan fingerprint density at radius 3 is 2.67 bits per heavy atom. The van der Waals surface area contributed by atoms with Crippen LogP contribution in [0.1, 0.15) is 39.5 Å². The van der Waals surface area contributed by atoms with E-state index < -0.39 is 34.4 Å². The number of nitro benzene ring substituents is 1. The Kier molecular flexibility index (Phi) is 6.74. The topological polar surface area (TPSA) is 158 Å². The summed E-state index contributed by atoms with van der Waals surface area (Å²) >= 11 is 0.840. The number of nitrogens with zero attached hydrogens (tertiary/aromatic N) is 3. The number of esters is 1. The summed E-state index contributed by atoms with van der Waals surface area (Å²) in [5.74, 6) is -2.39. The van der Waals surface area contributed by atoms with Crippen molar-refractivity contribution in [2.75, 3.05) is 24.7 Å². The molecule has 12 nitrogen and oxygen atoms in total. The van der Waals surface area contributed by atoms with E-state index in [1.807, 2.05) is 0 Å². The van der Waals surface area contributed by atoms with Gasteiger partial charge in [0.1, 0.15) is 23.9 Å². The molecule has 1 aromatic heterocycles. The first-order valence-electron chi connectivity index (χ1n) is 11.8. The molecule has 1 fully saturated rings. The van der Waals surface area contributed by atoms with Gasteiger partial charge < -0.3 is 19.3 Å². The first-order chi connectivity index (χ1) is 18.7. The number of Topliss-reactive ketones (excluding diaryl/α,β-unsaturated/α-hetero) is 1. The van der Waals surface area contributed by atoms with Crippen LogP contribution >= 0.6 is 11.3 Å². The molecule has 5 rings (SSSR count). The molecule has 2 aliphatic heterocycles. The Labute approximate surface area is 225 Å². The van der Waals surface area contributed by atoms with Crippen molar-refractivity contribution in [3.05, 3.63) is 79.8 Å². The van der Waals surface area contributed by atoms with Crippen molar-refractivity contribution in [2.45, 2.75) is 19.9 Å². The van der Waals surface area contributed by atoms with Gasteiger partial charge in [0.25, 0.3) is 11.5 Å². The lowest BCUT2D eigenvalue weighted by Gasteiger charge is -2.23. The Morgan fingerprint density at radius 2 is 1.95 bits per heavy atom. The van der Waals surface area contributed by atoms with Crippen LogP contribution in [0.3, 0.4) is 0 Å². The SMILES string of the molecule is CCOC(=O)c1sc(N2C(=O)C(=O)/C(=C(/O)c3ccc4c(c3)OCCO4)C2c2cccc([N+](=O)[O-])c2)nc1C. The molecule has 1 atom stereocenters. The molecule has 0 aliphatic carbocycles. The second kappa shape index (κ2) is 10.2. The number of thiazole rings is 1. The van der Waals surface area contributed by atoms with Gasteiger partial charge in [0, 0.05) is 17.7 Å². The predicted molar refractivity (Wildman–Crippen MR) is 138 cm³/mol. The number of amides is 1. The van der Waals surface area contributed by atoms with Crippen molar-refractivity contribution < 1.29 is 38.6 Å². The average Bonchev–Trinajstić information content (AvgIpc) is 3.44. The van der Waals surface area contributed by atoms with Gasteiger partial charge in [-0.2, -0.15) is 0 Å². The van der Waals surface area contributed by atoms with E-state index in [-0.39, 0.29) is 44.7 Å². The quantitative estimate of drug-likeness (QED) is 0.119. The first-order valence-corrected chi connectivity index (χ1v) is 12.6. The fourth-order valence-corrected chi connectivity index (χ4v) is 5.36. The Hall–Kier alpha value is -4.78. The van der Waals surface area contributed by atoms with Gasteiger partial charge in [-0.1, -0.05) is 23.5 Å². The van der Waals surface area contributed by atoms with E-state index in [2.05, 4.69) is 4.98 Å². The number of aromatic nitrogens is 1. The zero-order valence-electron chi connectivity index (χ0n) is 20.7. The molecule has 3 aromatic rings. The molecule has 200 valence electrons. The Balaban J connectivity index is 1.69. The molecule has 2 aliphatic rings. The molecular formula is C26H21N3O9S. The number of ketones is 1. The number of aliphatic hydroxyl groups excluding tert-OH is 1. The van der Waals surface area contributed by atoms with E-state index >= 15 is 0 Å². The lowest BCUT2D eigenvalue weighted by Crippen LogP contribution is -2.29. The first kappa shape index (κ1) is 25.9. The molecule has 1 N–H and O–H groups in total. The number of hydrogen-bond acceptors (Lipinski definition) is 11. The Morgan fingerprint density at radius 1 is 1.21 bits per heavy atom. The summed E-state index contributed by atoms with van der Waals surface area (Å²) in [6.45, 7) is 3.98. The highest BCUT2D eigenvalue weighted by Gasteiger charge is 2.49. The molecule has 13 heteroatoms. The highest BCUT2D eigenvalue weighted by atomic mass is 32.1. The van der Waals surface area contributed by atoms with Gasteiger partial charge in [-0.25, -0.2) is 9.78 Å². The van der Waals surface area contributed by atoms with Gasteiger partial charge >= 0.3 is 11.9 Å². The molecule has 3 heterocycles. The van der Waals surface area contributed by atoms with Crippen LogP contribution in [0.15, 0.2) is 48.0 Å². The molecule has 0 radical (unpaired) electrons. The smallest absolute Gasteiger partial charge is 0.350 e. The van der Waals surface area contributed by atoms with E-state index in [1.165, 1.54) is 36.4 Å². The van der Waals surface area contributed by atoms with Gasteiger partial charge in [0.2, 0.25) is 0 Å². The molecule has 2 aromatic carbocycles. The summed E-state index contributed by atoms with van der Waals surface area (Å²) < 4.78 is 16.2. The van der Waals surface area contributed by atoms with Gasteiger partial charge in [0.05, 0.1) is 28.8 Å². The number of rotatable bonds is 6. The Bertz CT molecular complexity index is 1560. The summed E-state index contributed by atoms with van der Waals surface area (Å²) in [6, 6.07) is 8.67. The monoisotopic (exact) mass is 551 g/mol. The molecule has 0 bridgehead atoms. The van der Waals surface area contributed by atoms with Gasteiger partial charge in [-0.05, 0) is 37.6 Å². The van der Waals surface area contributed by atoms with E-state index in [0.29, 0.717) is 24.7 Å². The minimum Gasteiger partial charge on any atom is -0.507 e. The van der Waals surface area contributed by atoms with Crippen LogP contribution in [-0.2, 0) is 14.3 Å². The summed E-state index contributed by atoms with van der Waals surface area (Å²) in [6.07, 6.45) is 0. The minimum absolute atomic E-state index is 0.00427. The summed E-state index contributed by atoms with van der Waals surface area (Å²) in [5, 5.41) is 22.9. The van der Waals surface area contributed by atoms with Crippen molar-refractivity contribution in [3.8, 4) is 11.5 Å². The largest absolute Gasteiger partial charge is 0.507 e. The number of aryl methyl sites for hydroxylation is 1. The maximum atomic E-state index is 13.4. The van der Waals surface area contributed by atoms with Crippen LogP contribution in [0.25, 0.3) is 5.76 Å². The summed E-state index contributed by atoms with van der Waals surface area (Å²) in [4.78, 5) is 55.6. The zero-order valence-corrected chi connectivity index (χ0v) is 21.5. The third kappa shape index (κ3) is 4.56. The number of hydrogen-bond donors (Lipinski definition) is 1. The molecule has 1 saturated heterocycles. The van der Waals surface area contributed by atoms with Crippen LogP contribution in [-0.4, -0.2) is 52.5 Å². The third-order valence-electron chi connectivity index (χ3n) is 6.11. The van der Waals surface area contributed by atoms with E-state index in [9.17, 15) is 29.6 Å². The standard InChI is InChI=1S/C26H21N3O9S/c1-3-36-25(33)23-13(2)27-26(39-23)28-20(14-5-4-6-16(11-14)29(34)35)19(22(31)24(28)32)21(30)15-7-8-17-18(12-15)38-10-9-37-17/h4-8,11-12,20,30H,3,9-10H2,1-2H3/b21-19+. The number of carbonyl (C=O) groups is 3. The number of non-ortho nitro benzene ring substituents is 1. The highest BCUT2D eigenvalue weighted by Crippen LogP contribution is 2.45. The number of carbonyl (C=O) groups excluding carboxylic acids is 3. The number of ether oxygens (including phenoxy) is 3. The molecular weight excluding hydrogens is 530 g/mol. The van der Waals surface area contributed by atoms with Crippen molar-refractivity contribution in [1.82, 2.24) is 4.98 Å². The number of nitro groups is 1. The van der Waals surface area contributed by atoms with Crippen LogP contribution < -0.4 is 14.4 Å². The van der Waals surface area contributed by atoms with Crippen molar-refractivity contribution >= 4 is 45.6 Å². The minimum atomic E-state index is -1.28. The average molecular weight is 552 g/mol. The number of anilines is 1. The second-order valence-corrected chi connectivity index (χ2v) is 9.49. The van der Waals surface area contributed by atoms with Crippen LogP contribution in [0.4, 0.5) is 10.8 Å². The van der Waals surface area contributed by atoms with Crippen LogP contribution in [0.2, 0.25) is 0 Å². The van der Waals surface area contributed by atoms with Crippen molar-refractivity contribution in [1.29, 1.82) is 0 Å². The molecule has 0 spiro atoms. The normalized spacial score (nSPS) is 17.8. The lowest BCUT2D eigenvalue weighted by atomic mass is 9.95. The van der Waals surface area contributed by atoms with E-state index in [4.69, 9.17) is 14.2 Å². The number of aliphatic hydroxyl groups is 1. The molecule has 39 heavy (non-hydrogen) atoms. The van der Waals surface area contributed by atoms with Gasteiger partial charge in [0.15, 0.2) is 16.6 Å². The maximum absolute atomic E-state index is 13.4. The number of benzene rings is 2. The third-order valence-corrected chi connectivity index (χ3v) is 7.25. The van der Waals surface area contributed by atoms with E-state index in [1.54, 1.807) is 19.9 Å². The maximum Gasteiger partial charge on any atom is 0.350 e. The highest BCUT2D eigenvalue weighted by molar-refractivity contribution is 7.17. The van der Waals surface area contributed by atoms with Crippen LogP contribution in [0, 0.1) is 17.0 Å². The summed E-state index contributed by atoms with van der Waals surface area (Å²) in [7, 11) is 0. The fourth-order valence-electron chi connectivity index (χ4n) is 4.37.